The first-order valence-electron chi connectivity index (χ1n) is 10.1. The zero-order valence-electron chi connectivity index (χ0n) is 17.1. The molecule has 1 N–H and O–H groups in total. The number of thioether (sulfide) groups is 1. The number of benzene rings is 2. The number of amides is 1. The lowest BCUT2D eigenvalue weighted by atomic mass is 10.2. The molecular weight excluding hydrogens is 412 g/mol. The smallest absolute Gasteiger partial charge is 0.252 e. The zero-order chi connectivity index (χ0) is 21.3. The van der Waals surface area contributed by atoms with Crippen molar-refractivity contribution in [2.45, 2.75) is 11.6 Å². The van der Waals surface area contributed by atoms with Crippen LogP contribution in [0.2, 0.25) is 0 Å². The number of nitrogens with zero attached hydrogens (tertiary/aromatic N) is 3. The van der Waals surface area contributed by atoms with Crippen LogP contribution in [0.15, 0.2) is 72.0 Å². The van der Waals surface area contributed by atoms with Crippen LogP contribution in [-0.2, 0) is 16.1 Å². The number of anilines is 1. The predicted octanol–water partition coefficient (Wildman–Crippen LogP) is 3.51. The number of morpholine rings is 1. The summed E-state index contributed by atoms with van der Waals surface area (Å²) in [6.07, 6.45) is 3.16. The van der Waals surface area contributed by atoms with Crippen LogP contribution in [0.1, 0.15) is 5.56 Å². The van der Waals surface area contributed by atoms with Gasteiger partial charge >= 0.3 is 0 Å². The largest absolute Gasteiger partial charge is 0.437 e. The number of para-hydroxylation sites is 1. The molecule has 1 aromatic heterocycles. The highest BCUT2D eigenvalue weighted by atomic mass is 32.2. The Kier molecular flexibility index (Phi) is 7.36. The van der Waals surface area contributed by atoms with Gasteiger partial charge in [0, 0.05) is 37.7 Å². The molecule has 2 aromatic carbocycles. The van der Waals surface area contributed by atoms with Gasteiger partial charge in [-0.2, -0.15) is 0 Å². The molecule has 1 saturated heterocycles. The molecule has 0 spiro atoms. The van der Waals surface area contributed by atoms with Crippen molar-refractivity contribution in [3.63, 3.8) is 0 Å². The van der Waals surface area contributed by atoms with E-state index in [0.29, 0.717) is 23.2 Å². The van der Waals surface area contributed by atoms with Gasteiger partial charge in [-0.25, -0.2) is 9.97 Å². The van der Waals surface area contributed by atoms with Gasteiger partial charge in [0.15, 0.2) is 5.03 Å². The third-order valence-electron chi connectivity index (χ3n) is 4.73. The van der Waals surface area contributed by atoms with E-state index in [1.807, 2.05) is 42.5 Å². The lowest BCUT2D eigenvalue weighted by Crippen LogP contribution is -2.36. The van der Waals surface area contributed by atoms with Gasteiger partial charge < -0.3 is 19.7 Å². The summed E-state index contributed by atoms with van der Waals surface area (Å²) in [7, 11) is 0. The summed E-state index contributed by atoms with van der Waals surface area (Å²) in [5, 5.41) is 3.53. The molecule has 0 unspecified atom stereocenters. The van der Waals surface area contributed by atoms with Crippen LogP contribution in [0, 0.1) is 0 Å². The fraction of sp³-hybridized carbons (Fsp3) is 0.261. The predicted molar refractivity (Wildman–Crippen MR) is 121 cm³/mol. The molecule has 31 heavy (non-hydrogen) atoms. The van der Waals surface area contributed by atoms with Gasteiger partial charge in [-0.15, -0.1) is 0 Å². The van der Waals surface area contributed by atoms with E-state index < -0.39 is 0 Å². The summed E-state index contributed by atoms with van der Waals surface area (Å²) in [6, 6.07) is 17.7. The van der Waals surface area contributed by atoms with Crippen LogP contribution in [0.3, 0.4) is 0 Å². The molecule has 1 aliphatic heterocycles. The molecule has 0 bridgehead atoms. The van der Waals surface area contributed by atoms with E-state index in [2.05, 4.69) is 32.3 Å². The second kappa shape index (κ2) is 10.8. The summed E-state index contributed by atoms with van der Waals surface area (Å²) in [5.74, 6) is 1.23. The van der Waals surface area contributed by atoms with Crippen molar-refractivity contribution in [2.24, 2.45) is 0 Å². The van der Waals surface area contributed by atoms with Crippen molar-refractivity contribution >= 4 is 23.4 Å². The van der Waals surface area contributed by atoms with Gasteiger partial charge in [-0.3, -0.25) is 4.79 Å². The van der Waals surface area contributed by atoms with Gasteiger partial charge in [0.05, 0.1) is 19.0 Å². The minimum Gasteiger partial charge on any atom is -0.437 e. The van der Waals surface area contributed by atoms with Crippen LogP contribution >= 0.6 is 11.8 Å². The van der Waals surface area contributed by atoms with Gasteiger partial charge in [0.2, 0.25) is 5.91 Å². The molecule has 2 heterocycles. The van der Waals surface area contributed by atoms with Crippen LogP contribution in [-0.4, -0.2) is 47.9 Å². The number of hydrogen-bond acceptors (Lipinski definition) is 7. The second-order valence-electron chi connectivity index (χ2n) is 6.91. The Hall–Kier alpha value is -3.10. The first-order valence-corrected chi connectivity index (χ1v) is 11.1. The van der Waals surface area contributed by atoms with E-state index in [0.717, 1.165) is 31.9 Å². The SMILES string of the molecule is O=C(CSc1nccnc1Oc1ccccc1)NCc1ccc(N2CCOCC2)cc1. The molecule has 3 aromatic rings. The fourth-order valence-corrected chi connectivity index (χ4v) is 3.84. The molecule has 1 fully saturated rings. The first-order chi connectivity index (χ1) is 15.3. The van der Waals surface area contributed by atoms with Crippen LogP contribution < -0.4 is 15.0 Å². The summed E-state index contributed by atoms with van der Waals surface area (Å²) in [6.45, 7) is 3.83. The second-order valence-corrected chi connectivity index (χ2v) is 7.88. The number of hydrogen-bond donors (Lipinski definition) is 1. The lowest BCUT2D eigenvalue weighted by molar-refractivity contribution is -0.118. The van der Waals surface area contributed by atoms with E-state index in [1.165, 1.54) is 17.4 Å². The average Bonchev–Trinajstić information content (AvgIpc) is 2.84. The molecule has 4 rings (SSSR count). The number of nitrogens with one attached hydrogen (secondary N) is 1. The number of rotatable bonds is 8. The molecule has 0 aliphatic carbocycles. The molecule has 1 amide bonds. The van der Waals surface area contributed by atoms with Crippen molar-refractivity contribution < 1.29 is 14.3 Å². The number of aromatic nitrogens is 2. The Bertz CT molecular complexity index is 980. The maximum atomic E-state index is 12.3. The van der Waals surface area contributed by atoms with Gasteiger partial charge in [0.1, 0.15) is 5.75 Å². The number of ether oxygens (including phenoxy) is 2. The molecule has 7 nitrogen and oxygen atoms in total. The summed E-state index contributed by atoms with van der Waals surface area (Å²) in [5.41, 5.74) is 2.24. The lowest BCUT2D eigenvalue weighted by Gasteiger charge is -2.28. The van der Waals surface area contributed by atoms with Gasteiger partial charge in [-0.05, 0) is 29.8 Å². The maximum absolute atomic E-state index is 12.3. The Labute approximate surface area is 185 Å². The van der Waals surface area contributed by atoms with Crippen LogP contribution in [0.25, 0.3) is 0 Å². The van der Waals surface area contributed by atoms with E-state index in [1.54, 1.807) is 12.4 Å². The summed E-state index contributed by atoms with van der Waals surface area (Å²) in [4.78, 5) is 23.2. The van der Waals surface area contributed by atoms with Gasteiger partial charge in [0.25, 0.3) is 5.88 Å². The maximum Gasteiger partial charge on any atom is 0.252 e. The fourth-order valence-electron chi connectivity index (χ4n) is 3.11. The van der Waals surface area contributed by atoms with E-state index >= 15 is 0 Å². The molecule has 1 aliphatic rings. The third-order valence-corrected chi connectivity index (χ3v) is 5.69. The zero-order valence-corrected chi connectivity index (χ0v) is 17.9. The number of carbonyl (C=O) groups is 1. The highest BCUT2D eigenvalue weighted by Crippen LogP contribution is 2.28. The van der Waals surface area contributed by atoms with Crippen LogP contribution in [0.5, 0.6) is 11.6 Å². The minimum absolute atomic E-state index is 0.0708. The molecule has 160 valence electrons. The summed E-state index contributed by atoms with van der Waals surface area (Å²) < 4.78 is 11.2. The monoisotopic (exact) mass is 436 g/mol. The first kappa shape index (κ1) is 21.1. The standard InChI is InChI=1S/C23H24N4O3S/c28-21(26-16-18-6-8-19(9-7-18)27-12-14-29-15-13-27)17-31-23-22(24-10-11-25-23)30-20-4-2-1-3-5-20/h1-11H,12-17H2,(H,26,28). The Balaban J connectivity index is 1.26. The summed E-state index contributed by atoms with van der Waals surface area (Å²) >= 11 is 1.30. The van der Waals surface area contributed by atoms with Crippen LogP contribution in [0.4, 0.5) is 5.69 Å². The normalized spacial score (nSPS) is 13.6. The minimum atomic E-state index is -0.0708. The third kappa shape index (κ3) is 6.19. The van der Waals surface area contributed by atoms with E-state index in [-0.39, 0.29) is 11.7 Å². The van der Waals surface area contributed by atoms with E-state index in [9.17, 15) is 4.79 Å². The van der Waals surface area contributed by atoms with Gasteiger partial charge in [-0.1, -0.05) is 42.1 Å². The molecule has 0 saturated carbocycles. The van der Waals surface area contributed by atoms with Crippen molar-refractivity contribution in [1.29, 1.82) is 0 Å². The molecule has 8 heteroatoms. The van der Waals surface area contributed by atoms with Crippen molar-refractivity contribution in [2.75, 3.05) is 37.0 Å². The Morgan fingerprint density at radius 1 is 1.03 bits per heavy atom. The molecule has 0 atom stereocenters. The van der Waals surface area contributed by atoms with Crippen molar-refractivity contribution in [3.05, 3.63) is 72.6 Å². The van der Waals surface area contributed by atoms with Crippen molar-refractivity contribution in [1.82, 2.24) is 15.3 Å². The average molecular weight is 437 g/mol. The molecular formula is C23H24N4O3S. The highest BCUT2D eigenvalue weighted by Gasteiger charge is 2.12. The van der Waals surface area contributed by atoms with Crippen molar-refractivity contribution in [3.8, 4) is 11.6 Å². The molecule has 0 radical (unpaired) electrons. The topological polar surface area (TPSA) is 76.6 Å². The van der Waals surface area contributed by atoms with E-state index in [4.69, 9.17) is 9.47 Å². The Morgan fingerprint density at radius 2 is 1.77 bits per heavy atom. The Morgan fingerprint density at radius 3 is 2.55 bits per heavy atom. The quantitative estimate of drug-likeness (QED) is 0.542. The highest BCUT2D eigenvalue weighted by molar-refractivity contribution is 8.00. The number of carbonyl (C=O) groups excluding carboxylic acids is 1.